The van der Waals surface area contributed by atoms with Gasteiger partial charge >= 0.3 is 6.03 Å². The first-order valence-electron chi connectivity index (χ1n) is 9.99. The zero-order valence-corrected chi connectivity index (χ0v) is 16.3. The van der Waals surface area contributed by atoms with Crippen LogP contribution < -0.4 is 10.1 Å². The zero-order chi connectivity index (χ0) is 19.3. The Morgan fingerprint density at radius 2 is 1.96 bits per heavy atom. The van der Waals surface area contributed by atoms with Crippen LogP contribution in [0.4, 0.5) is 4.79 Å². The Hall–Kier alpha value is -2.95. The van der Waals surface area contributed by atoms with Crippen LogP contribution in [0.5, 0.6) is 5.75 Å². The number of amides is 2. The number of methoxy groups -OCH3 is 1. The normalized spacial score (nSPS) is 17.3. The van der Waals surface area contributed by atoms with Gasteiger partial charge in [0, 0.05) is 17.8 Å². The van der Waals surface area contributed by atoms with Crippen LogP contribution in [0.25, 0.3) is 10.9 Å². The lowest BCUT2D eigenvalue weighted by Gasteiger charge is -2.30. The Bertz CT molecular complexity index is 899. The Balaban J connectivity index is 1.47. The van der Waals surface area contributed by atoms with Gasteiger partial charge in [-0.1, -0.05) is 43.2 Å². The highest BCUT2D eigenvalue weighted by atomic mass is 16.5. The van der Waals surface area contributed by atoms with Gasteiger partial charge in [0.1, 0.15) is 5.75 Å². The summed E-state index contributed by atoms with van der Waals surface area (Å²) < 4.78 is 5.27. The molecule has 1 aliphatic rings. The number of H-pyrrole nitrogens is 1. The number of nitrogens with zero attached hydrogens (tertiary/aromatic N) is 1. The van der Waals surface area contributed by atoms with Crippen LogP contribution in [0.3, 0.4) is 0 Å². The van der Waals surface area contributed by atoms with E-state index in [0.29, 0.717) is 6.54 Å². The number of fused-ring (bicyclic) bond motifs is 1. The largest absolute Gasteiger partial charge is 0.497 e. The maximum atomic E-state index is 13.0. The van der Waals surface area contributed by atoms with Gasteiger partial charge in [-0.15, -0.1) is 0 Å². The average Bonchev–Trinajstić information content (AvgIpc) is 2.99. The molecule has 28 heavy (non-hydrogen) atoms. The van der Waals surface area contributed by atoms with Crippen LogP contribution >= 0.6 is 0 Å². The third-order valence-electron chi connectivity index (χ3n) is 5.53. The molecule has 2 amide bonds. The number of ether oxygens (including phenoxy) is 1. The fraction of sp³-hybridized carbons (Fsp3) is 0.348. The highest BCUT2D eigenvalue weighted by Crippen LogP contribution is 2.31. The zero-order valence-electron chi connectivity index (χ0n) is 16.3. The van der Waals surface area contributed by atoms with Crippen molar-refractivity contribution in [2.75, 3.05) is 13.7 Å². The van der Waals surface area contributed by atoms with Crippen molar-refractivity contribution in [3.8, 4) is 5.75 Å². The third-order valence-corrected chi connectivity index (χ3v) is 5.53. The van der Waals surface area contributed by atoms with Gasteiger partial charge in [-0.2, -0.15) is 0 Å². The lowest BCUT2D eigenvalue weighted by molar-refractivity contribution is 0.175. The standard InChI is InChI=1S/C23H27N3O2/c1-28-20-12-10-17(11-13-20)22-9-3-2-6-14-26(22)23(27)24-16-19-15-18-7-4-5-8-21(18)25-19/h4-5,7-8,10-13,15,22,25H,2-3,6,9,14,16H2,1H3,(H,24,27)/t22-/m0/s1. The topological polar surface area (TPSA) is 57.4 Å². The Morgan fingerprint density at radius 3 is 2.75 bits per heavy atom. The maximum absolute atomic E-state index is 13.0. The highest BCUT2D eigenvalue weighted by Gasteiger charge is 2.26. The van der Waals surface area contributed by atoms with E-state index in [2.05, 4.69) is 40.6 Å². The number of hydrogen-bond donors (Lipinski definition) is 2. The minimum Gasteiger partial charge on any atom is -0.497 e. The second kappa shape index (κ2) is 8.38. The number of para-hydroxylation sites is 1. The van der Waals surface area contributed by atoms with Gasteiger partial charge in [-0.3, -0.25) is 0 Å². The van der Waals surface area contributed by atoms with E-state index in [1.165, 1.54) is 12.0 Å². The van der Waals surface area contributed by atoms with Crippen molar-refractivity contribution in [2.24, 2.45) is 0 Å². The van der Waals surface area contributed by atoms with Crippen molar-refractivity contribution in [3.05, 3.63) is 65.9 Å². The number of rotatable bonds is 4. The molecule has 1 fully saturated rings. The molecule has 0 saturated carbocycles. The Labute approximate surface area is 165 Å². The van der Waals surface area contributed by atoms with Crippen molar-refractivity contribution in [3.63, 3.8) is 0 Å². The molecule has 5 heteroatoms. The number of carbonyl (C=O) groups excluding carboxylic acids is 1. The molecule has 1 atom stereocenters. The van der Waals surface area contributed by atoms with E-state index in [1.54, 1.807) is 7.11 Å². The molecule has 3 aromatic rings. The number of hydrogen-bond acceptors (Lipinski definition) is 2. The van der Waals surface area contributed by atoms with Crippen LogP contribution in [0.1, 0.15) is 43.0 Å². The van der Waals surface area contributed by atoms with Gasteiger partial charge in [-0.25, -0.2) is 4.79 Å². The summed E-state index contributed by atoms with van der Waals surface area (Å²) in [7, 11) is 1.67. The summed E-state index contributed by atoms with van der Waals surface area (Å²) in [5.41, 5.74) is 3.28. The number of carbonyl (C=O) groups is 1. The van der Waals surface area contributed by atoms with Crippen molar-refractivity contribution < 1.29 is 9.53 Å². The third kappa shape index (κ3) is 3.98. The molecule has 1 saturated heterocycles. The van der Waals surface area contributed by atoms with E-state index in [9.17, 15) is 4.79 Å². The molecular weight excluding hydrogens is 350 g/mol. The number of nitrogens with one attached hydrogen (secondary N) is 2. The molecule has 0 unspecified atom stereocenters. The van der Waals surface area contributed by atoms with Crippen molar-refractivity contribution in [1.82, 2.24) is 15.2 Å². The van der Waals surface area contributed by atoms with Crippen LogP contribution in [0.15, 0.2) is 54.6 Å². The number of urea groups is 1. The van der Waals surface area contributed by atoms with E-state index in [-0.39, 0.29) is 12.1 Å². The minimum absolute atomic E-state index is 0.00127. The fourth-order valence-electron chi connectivity index (χ4n) is 4.03. The number of benzene rings is 2. The summed E-state index contributed by atoms with van der Waals surface area (Å²) in [5, 5.41) is 4.28. The van der Waals surface area contributed by atoms with Crippen molar-refractivity contribution in [1.29, 1.82) is 0 Å². The van der Waals surface area contributed by atoms with Crippen LogP contribution in [0.2, 0.25) is 0 Å². The number of aromatic nitrogens is 1. The summed E-state index contributed by atoms with van der Waals surface area (Å²) in [6.45, 7) is 1.29. The average molecular weight is 377 g/mol. The first kappa shape index (κ1) is 18.4. The minimum atomic E-state index is 0.00127. The summed E-state index contributed by atoms with van der Waals surface area (Å²) >= 11 is 0. The quantitative estimate of drug-likeness (QED) is 0.672. The predicted molar refractivity (Wildman–Crippen MR) is 111 cm³/mol. The molecule has 0 bridgehead atoms. The molecule has 146 valence electrons. The van der Waals surface area contributed by atoms with E-state index < -0.39 is 0 Å². The lowest BCUT2D eigenvalue weighted by atomic mass is 10.0. The van der Waals surface area contributed by atoms with Gasteiger partial charge < -0.3 is 19.9 Å². The van der Waals surface area contributed by atoms with E-state index in [4.69, 9.17) is 4.74 Å². The number of likely N-dealkylation sites (tertiary alicyclic amines) is 1. The van der Waals surface area contributed by atoms with Gasteiger partial charge in [0.25, 0.3) is 0 Å². The summed E-state index contributed by atoms with van der Waals surface area (Å²) in [5.74, 6) is 0.840. The van der Waals surface area contributed by atoms with Gasteiger partial charge in [0.2, 0.25) is 0 Å². The lowest BCUT2D eigenvalue weighted by Crippen LogP contribution is -2.42. The van der Waals surface area contributed by atoms with Crippen molar-refractivity contribution >= 4 is 16.9 Å². The van der Waals surface area contributed by atoms with Crippen molar-refractivity contribution in [2.45, 2.75) is 38.3 Å². The SMILES string of the molecule is COc1ccc([C@@H]2CCCCCN2C(=O)NCc2cc3ccccc3[nH]2)cc1. The van der Waals surface area contributed by atoms with Gasteiger partial charge in [0.15, 0.2) is 0 Å². The molecule has 0 aliphatic carbocycles. The monoisotopic (exact) mass is 377 g/mol. The first-order chi connectivity index (χ1) is 13.7. The molecule has 0 radical (unpaired) electrons. The van der Waals surface area contributed by atoms with Crippen LogP contribution in [0, 0.1) is 0 Å². The molecule has 2 aromatic carbocycles. The number of aromatic amines is 1. The molecule has 4 rings (SSSR count). The van der Waals surface area contributed by atoms with Crippen LogP contribution in [-0.2, 0) is 6.54 Å². The summed E-state index contributed by atoms with van der Waals surface area (Å²) in [6.07, 6.45) is 4.35. The summed E-state index contributed by atoms with van der Waals surface area (Å²) in [4.78, 5) is 18.4. The van der Waals surface area contributed by atoms with Crippen LogP contribution in [-0.4, -0.2) is 29.6 Å². The fourth-order valence-corrected chi connectivity index (χ4v) is 4.03. The predicted octanol–water partition coefficient (Wildman–Crippen LogP) is 5.00. The second-order valence-electron chi connectivity index (χ2n) is 7.37. The summed E-state index contributed by atoms with van der Waals surface area (Å²) in [6, 6.07) is 18.5. The van der Waals surface area contributed by atoms with E-state index in [0.717, 1.165) is 48.2 Å². The molecule has 2 heterocycles. The second-order valence-corrected chi connectivity index (χ2v) is 7.37. The molecule has 5 nitrogen and oxygen atoms in total. The molecule has 1 aliphatic heterocycles. The molecule has 1 aromatic heterocycles. The van der Waals surface area contributed by atoms with Gasteiger partial charge in [-0.05, 0) is 48.1 Å². The molecular formula is C23H27N3O2. The maximum Gasteiger partial charge on any atom is 0.318 e. The smallest absolute Gasteiger partial charge is 0.318 e. The molecule has 0 spiro atoms. The Morgan fingerprint density at radius 1 is 1.14 bits per heavy atom. The highest BCUT2D eigenvalue weighted by molar-refractivity contribution is 5.80. The van der Waals surface area contributed by atoms with E-state index >= 15 is 0 Å². The van der Waals surface area contributed by atoms with Gasteiger partial charge in [0.05, 0.1) is 19.7 Å². The first-order valence-corrected chi connectivity index (χ1v) is 9.99. The molecule has 2 N–H and O–H groups in total. The Kier molecular flexibility index (Phi) is 5.51. The van der Waals surface area contributed by atoms with E-state index in [1.807, 2.05) is 29.2 Å².